The van der Waals surface area contributed by atoms with Gasteiger partial charge in [-0.15, -0.1) is 5.75 Å². The number of benzene rings is 1. The van der Waals surface area contributed by atoms with E-state index in [9.17, 15) is 5.11 Å². The number of hydrogen-bond acceptors (Lipinski definition) is 1. The van der Waals surface area contributed by atoms with E-state index in [1.165, 1.54) is 12.1 Å². The molecule has 0 aliphatic heterocycles. The van der Waals surface area contributed by atoms with Crippen molar-refractivity contribution < 1.29 is 34.7 Å². The van der Waals surface area contributed by atoms with E-state index >= 15 is 0 Å². The molecule has 0 saturated carbocycles. The molecule has 1 nitrogen and oxygen atoms in total. The SMILES string of the molecule is [Na+].[O-]c1ccc([SH](Cl)Cl)cc1. The number of thiol groups is 1. The van der Waals surface area contributed by atoms with Crippen LogP contribution < -0.4 is 34.7 Å². The van der Waals surface area contributed by atoms with Crippen LogP contribution in [0.2, 0.25) is 0 Å². The van der Waals surface area contributed by atoms with Gasteiger partial charge in [-0.1, -0.05) is 21.5 Å². The molecule has 0 aromatic heterocycles. The van der Waals surface area contributed by atoms with E-state index in [0.717, 1.165) is 4.90 Å². The topological polar surface area (TPSA) is 23.1 Å². The minimum atomic E-state index is -1.10. The first-order valence-electron chi connectivity index (χ1n) is 2.59. The fraction of sp³-hybridized carbons (Fsp3) is 0. The third kappa shape index (κ3) is 3.92. The van der Waals surface area contributed by atoms with Gasteiger partial charge in [0.1, 0.15) is 0 Å². The minimum absolute atomic E-state index is 0. The normalized spacial score (nSPS) is 10.2. The predicted molar refractivity (Wildman–Crippen MR) is 44.8 cm³/mol. The molecule has 0 radical (unpaired) electrons. The van der Waals surface area contributed by atoms with Crippen molar-refractivity contribution in [3.63, 3.8) is 0 Å². The molecule has 0 heterocycles. The standard InChI is InChI=1S/C6H6Cl2OS.Na/c7-10(8)6-3-1-5(9)2-4-6;/h1-4,9-10H;/q;+1/p-1. The van der Waals surface area contributed by atoms with Crippen LogP contribution in [0.5, 0.6) is 5.75 Å². The molecule has 0 aliphatic carbocycles. The summed E-state index contributed by atoms with van der Waals surface area (Å²) in [5.74, 6) is -0.0195. The Hall–Kier alpha value is 0.950. The van der Waals surface area contributed by atoms with Gasteiger partial charge < -0.3 is 5.11 Å². The Bertz CT molecular complexity index is 214. The molecule has 0 atom stereocenters. The van der Waals surface area contributed by atoms with Crippen LogP contribution in [-0.4, -0.2) is 0 Å². The van der Waals surface area contributed by atoms with Crippen LogP contribution in [0.1, 0.15) is 0 Å². The fourth-order valence-corrected chi connectivity index (χ4v) is 1.61. The maximum absolute atomic E-state index is 10.6. The van der Waals surface area contributed by atoms with Crippen molar-refractivity contribution in [3.05, 3.63) is 24.3 Å². The Kier molecular flexibility index (Phi) is 6.05. The molecule has 0 saturated heterocycles. The molecule has 0 bridgehead atoms. The number of rotatable bonds is 1. The first-order valence-corrected chi connectivity index (χ1v) is 5.74. The van der Waals surface area contributed by atoms with E-state index < -0.39 is 9.32 Å². The summed E-state index contributed by atoms with van der Waals surface area (Å²) < 4.78 is 0. The smallest absolute Gasteiger partial charge is 0.872 e. The summed E-state index contributed by atoms with van der Waals surface area (Å²) >= 11 is 0. The predicted octanol–water partition coefficient (Wildman–Crippen LogP) is -0.568. The second kappa shape index (κ2) is 5.57. The summed E-state index contributed by atoms with van der Waals surface area (Å²) in [6, 6.07) is 6.20. The summed E-state index contributed by atoms with van der Waals surface area (Å²) in [4.78, 5) is 0.818. The van der Waals surface area contributed by atoms with Gasteiger partial charge in [-0.3, -0.25) is 0 Å². The third-order valence-electron chi connectivity index (χ3n) is 1.03. The van der Waals surface area contributed by atoms with Gasteiger partial charge in [0, 0.05) is 4.90 Å². The molecular formula is C6H5Cl2NaOS. The van der Waals surface area contributed by atoms with Gasteiger partial charge in [-0.2, -0.15) is 0 Å². The van der Waals surface area contributed by atoms with Gasteiger partial charge in [0.05, 0.1) is 0 Å². The second-order valence-corrected chi connectivity index (χ2v) is 5.26. The molecule has 0 aliphatic rings. The molecular weight excluding hydrogens is 214 g/mol. The molecule has 0 fully saturated rings. The Balaban J connectivity index is 0.000001000. The zero-order valence-corrected chi connectivity index (χ0v) is 10.3. The molecule has 56 valence electrons. The van der Waals surface area contributed by atoms with Gasteiger partial charge in [-0.05, 0) is 33.5 Å². The molecule has 0 unspecified atom stereocenters. The Morgan fingerprint density at radius 1 is 1.09 bits per heavy atom. The van der Waals surface area contributed by atoms with Gasteiger partial charge in [0.15, 0.2) is 0 Å². The first-order chi connectivity index (χ1) is 4.70. The van der Waals surface area contributed by atoms with E-state index in [2.05, 4.69) is 0 Å². The zero-order valence-electron chi connectivity index (χ0n) is 5.92. The van der Waals surface area contributed by atoms with E-state index in [1.54, 1.807) is 12.1 Å². The summed E-state index contributed by atoms with van der Waals surface area (Å²) in [5.41, 5.74) is 0. The van der Waals surface area contributed by atoms with Gasteiger partial charge in [0.25, 0.3) is 0 Å². The molecule has 1 aromatic carbocycles. The van der Waals surface area contributed by atoms with Crippen LogP contribution in [0, 0.1) is 0 Å². The molecule has 0 spiro atoms. The Morgan fingerprint density at radius 3 is 1.91 bits per heavy atom. The average molecular weight is 219 g/mol. The summed E-state index contributed by atoms with van der Waals surface area (Å²) in [6.45, 7) is 0. The van der Waals surface area contributed by atoms with Crippen LogP contribution in [0.4, 0.5) is 0 Å². The van der Waals surface area contributed by atoms with E-state index in [0.29, 0.717) is 0 Å². The third-order valence-corrected chi connectivity index (χ3v) is 2.89. The van der Waals surface area contributed by atoms with E-state index in [4.69, 9.17) is 21.4 Å². The summed E-state index contributed by atoms with van der Waals surface area (Å²) in [6.07, 6.45) is 0. The Morgan fingerprint density at radius 2 is 1.55 bits per heavy atom. The maximum atomic E-state index is 10.6. The van der Waals surface area contributed by atoms with Crippen LogP contribution in [0.3, 0.4) is 0 Å². The van der Waals surface area contributed by atoms with Crippen LogP contribution in [0.15, 0.2) is 29.2 Å². The number of hydrogen-bond donors (Lipinski definition) is 1. The molecule has 0 N–H and O–H groups in total. The van der Waals surface area contributed by atoms with Crippen molar-refractivity contribution in [1.82, 2.24) is 0 Å². The van der Waals surface area contributed by atoms with Gasteiger partial charge >= 0.3 is 29.6 Å². The minimum Gasteiger partial charge on any atom is -0.872 e. The van der Waals surface area contributed by atoms with Gasteiger partial charge in [-0.25, -0.2) is 0 Å². The summed E-state index contributed by atoms with van der Waals surface area (Å²) in [7, 11) is 10.1. The Labute approximate surface area is 99.3 Å². The van der Waals surface area contributed by atoms with Crippen molar-refractivity contribution in [1.29, 1.82) is 0 Å². The maximum Gasteiger partial charge on any atom is 1.00 e. The van der Waals surface area contributed by atoms with E-state index in [1.807, 2.05) is 0 Å². The quantitative estimate of drug-likeness (QED) is 0.496. The van der Waals surface area contributed by atoms with Crippen molar-refractivity contribution in [2.75, 3.05) is 0 Å². The summed E-state index contributed by atoms with van der Waals surface area (Å²) in [5, 5.41) is 10.6. The van der Waals surface area contributed by atoms with E-state index in [-0.39, 0.29) is 35.3 Å². The van der Waals surface area contributed by atoms with Crippen molar-refractivity contribution in [3.8, 4) is 5.75 Å². The largest absolute Gasteiger partial charge is 1.00 e. The molecule has 0 amide bonds. The zero-order chi connectivity index (χ0) is 7.56. The van der Waals surface area contributed by atoms with Crippen molar-refractivity contribution in [2.45, 2.75) is 4.90 Å². The number of halogens is 2. The van der Waals surface area contributed by atoms with Crippen molar-refractivity contribution >= 4 is 30.7 Å². The molecule has 5 heteroatoms. The van der Waals surface area contributed by atoms with Gasteiger partial charge in [0.2, 0.25) is 0 Å². The average Bonchev–Trinajstić information content (AvgIpc) is 1.88. The monoisotopic (exact) mass is 218 g/mol. The van der Waals surface area contributed by atoms with Crippen LogP contribution in [-0.2, 0) is 0 Å². The second-order valence-electron chi connectivity index (χ2n) is 1.73. The molecule has 1 rings (SSSR count). The molecule has 11 heavy (non-hydrogen) atoms. The first kappa shape index (κ1) is 11.9. The van der Waals surface area contributed by atoms with Crippen molar-refractivity contribution in [2.24, 2.45) is 0 Å². The van der Waals surface area contributed by atoms with Crippen LogP contribution >= 0.6 is 30.7 Å². The fourth-order valence-electron chi connectivity index (χ4n) is 0.559. The molecule has 1 aromatic rings. The van der Waals surface area contributed by atoms with Crippen LogP contribution in [0.25, 0.3) is 0 Å².